The number of nitrogens with one attached hydrogen (secondary N) is 1. The molecule has 0 radical (unpaired) electrons. The fraction of sp³-hybridized carbons (Fsp3) is 0.462. The molecule has 1 amide bonds. The standard InChI is InChI=1S/C13H15F3N2O2/c1-2-20-10-6-4-3-5-9(10)12(13(14,15)16)18-8-7-11(19)17-18/h3-6,12H,2,7-8H2,1H3,(H,17,19)/t12-/m0/s1. The molecule has 1 N–H and O–H groups in total. The first-order valence-electron chi connectivity index (χ1n) is 6.28. The third-order valence-electron chi connectivity index (χ3n) is 2.98. The number of hydrogen-bond donors (Lipinski definition) is 1. The molecule has 2 rings (SSSR count). The summed E-state index contributed by atoms with van der Waals surface area (Å²) in [5.74, 6) is -0.230. The lowest BCUT2D eigenvalue weighted by Gasteiger charge is -2.30. The maximum Gasteiger partial charge on any atom is 0.410 e. The van der Waals surface area contributed by atoms with E-state index < -0.39 is 18.1 Å². The van der Waals surface area contributed by atoms with Gasteiger partial charge in [-0.1, -0.05) is 18.2 Å². The number of hydrazine groups is 1. The predicted molar refractivity (Wildman–Crippen MR) is 65.9 cm³/mol. The average molecular weight is 288 g/mol. The molecule has 1 fully saturated rings. The van der Waals surface area contributed by atoms with E-state index in [1.165, 1.54) is 18.2 Å². The van der Waals surface area contributed by atoms with Crippen molar-refractivity contribution in [1.82, 2.24) is 10.4 Å². The molecule has 0 saturated carbocycles. The van der Waals surface area contributed by atoms with Gasteiger partial charge in [0.1, 0.15) is 5.75 Å². The number of para-hydroxylation sites is 1. The van der Waals surface area contributed by atoms with Crippen molar-refractivity contribution in [3.63, 3.8) is 0 Å². The molecule has 0 unspecified atom stereocenters. The number of alkyl halides is 3. The molecule has 7 heteroatoms. The van der Waals surface area contributed by atoms with Crippen LogP contribution in [0.15, 0.2) is 24.3 Å². The molecule has 0 bridgehead atoms. The molecule has 1 saturated heterocycles. The van der Waals surface area contributed by atoms with Crippen LogP contribution in [0, 0.1) is 0 Å². The lowest BCUT2D eigenvalue weighted by Crippen LogP contribution is -2.43. The predicted octanol–water partition coefficient (Wildman–Crippen LogP) is 2.43. The molecule has 1 aromatic rings. The molecule has 4 nitrogen and oxygen atoms in total. The van der Waals surface area contributed by atoms with E-state index in [4.69, 9.17) is 4.74 Å². The molecule has 0 spiro atoms. The minimum Gasteiger partial charge on any atom is -0.494 e. The minimum atomic E-state index is -4.51. The Balaban J connectivity index is 2.39. The van der Waals surface area contributed by atoms with Gasteiger partial charge < -0.3 is 4.74 Å². The van der Waals surface area contributed by atoms with Crippen LogP contribution in [0.25, 0.3) is 0 Å². The maximum atomic E-state index is 13.4. The summed E-state index contributed by atoms with van der Waals surface area (Å²) >= 11 is 0. The van der Waals surface area contributed by atoms with E-state index in [0.717, 1.165) is 5.01 Å². The Labute approximate surface area is 114 Å². The number of benzene rings is 1. The molecule has 1 aromatic carbocycles. The molecule has 20 heavy (non-hydrogen) atoms. The van der Waals surface area contributed by atoms with Crippen LogP contribution in [0.4, 0.5) is 13.2 Å². The summed E-state index contributed by atoms with van der Waals surface area (Å²) in [6.45, 7) is 1.99. The van der Waals surface area contributed by atoms with Gasteiger partial charge in [-0.05, 0) is 13.0 Å². The quantitative estimate of drug-likeness (QED) is 0.925. The highest BCUT2D eigenvalue weighted by Gasteiger charge is 2.48. The number of ether oxygens (including phenoxy) is 1. The van der Waals surface area contributed by atoms with Crippen molar-refractivity contribution in [1.29, 1.82) is 0 Å². The topological polar surface area (TPSA) is 41.6 Å². The lowest BCUT2D eigenvalue weighted by molar-refractivity contribution is -0.191. The maximum absolute atomic E-state index is 13.4. The van der Waals surface area contributed by atoms with E-state index in [1.807, 2.05) is 0 Å². The van der Waals surface area contributed by atoms with E-state index in [-0.39, 0.29) is 30.9 Å². The van der Waals surface area contributed by atoms with Gasteiger partial charge in [0.15, 0.2) is 6.04 Å². The number of carbonyl (C=O) groups excluding carboxylic acids is 1. The highest BCUT2D eigenvalue weighted by molar-refractivity contribution is 5.77. The van der Waals surface area contributed by atoms with E-state index in [0.29, 0.717) is 0 Å². The Morgan fingerprint density at radius 3 is 2.65 bits per heavy atom. The zero-order valence-corrected chi connectivity index (χ0v) is 10.9. The van der Waals surface area contributed by atoms with E-state index in [2.05, 4.69) is 5.43 Å². The number of rotatable bonds is 4. The van der Waals surface area contributed by atoms with Crippen LogP contribution in [-0.4, -0.2) is 30.2 Å². The summed E-state index contributed by atoms with van der Waals surface area (Å²) in [6.07, 6.45) is -4.45. The van der Waals surface area contributed by atoms with Gasteiger partial charge >= 0.3 is 6.18 Å². The van der Waals surface area contributed by atoms with Crippen LogP contribution in [0.2, 0.25) is 0 Å². The lowest BCUT2D eigenvalue weighted by atomic mass is 10.0. The number of nitrogens with zero attached hydrogens (tertiary/aromatic N) is 1. The fourth-order valence-electron chi connectivity index (χ4n) is 2.20. The van der Waals surface area contributed by atoms with Gasteiger partial charge in [-0.15, -0.1) is 0 Å². The van der Waals surface area contributed by atoms with E-state index in [9.17, 15) is 18.0 Å². The Morgan fingerprint density at radius 1 is 1.40 bits per heavy atom. The summed E-state index contributed by atoms with van der Waals surface area (Å²) < 4.78 is 45.3. The highest BCUT2D eigenvalue weighted by Crippen LogP contribution is 2.41. The normalized spacial score (nSPS) is 17.9. The van der Waals surface area contributed by atoms with Gasteiger partial charge in [0.25, 0.3) is 0 Å². The van der Waals surface area contributed by atoms with Gasteiger partial charge in [-0.3, -0.25) is 10.2 Å². The summed E-state index contributed by atoms with van der Waals surface area (Å²) in [5, 5.41) is 0.917. The van der Waals surface area contributed by atoms with Crippen LogP contribution in [0.5, 0.6) is 5.75 Å². The SMILES string of the molecule is CCOc1ccccc1[C@H](N1CCC(=O)N1)C(F)(F)F. The average Bonchev–Trinajstić information content (AvgIpc) is 2.77. The monoisotopic (exact) mass is 288 g/mol. The first kappa shape index (κ1) is 14.6. The third kappa shape index (κ3) is 3.04. The van der Waals surface area contributed by atoms with Crippen LogP contribution in [0.1, 0.15) is 24.9 Å². The molecule has 1 aliphatic rings. The highest BCUT2D eigenvalue weighted by atomic mass is 19.4. The molecule has 1 aliphatic heterocycles. The molecule has 1 atom stereocenters. The van der Waals surface area contributed by atoms with Crippen LogP contribution < -0.4 is 10.2 Å². The second-order valence-electron chi connectivity index (χ2n) is 4.39. The van der Waals surface area contributed by atoms with E-state index >= 15 is 0 Å². The molecular weight excluding hydrogens is 273 g/mol. The Bertz CT molecular complexity index is 491. The van der Waals surface area contributed by atoms with Gasteiger partial charge in [0.05, 0.1) is 6.61 Å². The molecule has 0 aliphatic carbocycles. The van der Waals surface area contributed by atoms with Crippen molar-refractivity contribution in [2.45, 2.75) is 25.6 Å². The van der Waals surface area contributed by atoms with Crippen LogP contribution in [0.3, 0.4) is 0 Å². The van der Waals surface area contributed by atoms with Crippen molar-refractivity contribution in [3.05, 3.63) is 29.8 Å². The van der Waals surface area contributed by atoms with Crippen LogP contribution >= 0.6 is 0 Å². The first-order valence-corrected chi connectivity index (χ1v) is 6.28. The van der Waals surface area contributed by atoms with Crippen molar-refractivity contribution in [2.75, 3.05) is 13.2 Å². The van der Waals surface area contributed by atoms with Crippen molar-refractivity contribution in [3.8, 4) is 5.75 Å². The number of hydrogen-bond acceptors (Lipinski definition) is 3. The summed E-state index contributed by atoms with van der Waals surface area (Å²) in [6, 6.07) is 4.10. The largest absolute Gasteiger partial charge is 0.494 e. The van der Waals surface area contributed by atoms with Crippen LogP contribution in [-0.2, 0) is 4.79 Å². The second-order valence-corrected chi connectivity index (χ2v) is 4.39. The Kier molecular flexibility index (Phi) is 4.17. The summed E-state index contributed by atoms with van der Waals surface area (Å²) in [4.78, 5) is 11.2. The fourth-order valence-corrected chi connectivity index (χ4v) is 2.20. The molecule has 0 aromatic heterocycles. The number of carbonyl (C=O) groups is 1. The smallest absolute Gasteiger partial charge is 0.410 e. The van der Waals surface area contributed by atoms with Gasteiger partial charge in [-0.2, -0.15) is 13.2 Å². The second kappa shape index (κ2) is 5.70. The Hall–Kier alpha value is -1.76. The van der Waals surface area contributed by atoms with Gasteiger partial charge in [-0.25, -0.2) is 5.01 Å². The summed E-state index contributed by atoms with van der Waals surface area (Å²) in [7, 11) is 0. The molecular formula is C13H15F3N2O2. The number of halogens is 3. The molecule has 1 heterocycles. The summed E-state index contributed by atoms with van der Waals surface area (Å²) in [5.41, 5.74) is 2.25. The zero-order chi connectivity index (χ0) is 14.8. The van der Waals surface area contributed by atoms with Gasteiger partial charge in [0.2, 0.25) is 5.91 Å². The Morgan fingerprint density at radius 2 is 2.10 bits per heavy atom. The molecule has 110 valence electrons. The number of amides is 1. The minimum absolute atomic E-state index is 0.00375. The van der Waals surface area contributed by atoms with Gasteiger partial charge in [0, 0.05) is 18.5 Å². The van der Waals surface area contributed by atoms with Crippen molar-refractivity contribution < 1.29 is 22.7 Å². The van der Waals surface area contributed by atoms with Crippen molar-refractivity contribution in [2.24, 2.45) is 0 Å². The zero-order valence-electron chi connectivity index (χ0n) is 10.9. The van der Waals surface area contributed by atoms with E-state index in [1.54, 1.807) is 13.0 Å². The third-order valence-corrected chi connectivity index (χ3v) is 2.98. The first-order chi connectivity index (χ1) is 9.43. The van der Waals surface area contributed by atoms with Crippen molar-refractivity contribution >= 4 is 5.91 Å².